The normalized spacial score (nSPS) is 23.1. The molecular formula is C25H25F2N5O3. The topological polar surface area (TPSA) is 79.3 Å². The summed E-state index contributed by atoms with van der Waals surface area (Å²) in [5, 5.41) is 6.92. The molecule has 182 valence electrons. The summed E-state index contributed by atoms with van der Waals surface area (Å²) in [6.45, 7) is 1.39. The zero-order chi connectivity index (χ0) is 24.2. The number of fused-ring (bicyclic) bond motifs is 2. The molecule has 1 N–H and O–H groups in total. The first-order valence-electron chi connectivity index (χ1n) is 11.8. The average molecular weight is 482 g/mol. The maximum atomic E-state index is 14.0. The molecule has 3 aliphatic heterocycles. The number of aromatic nitrogens is 1. The van der Waals surface area contributed by atoms with Crippen molar-refractivity contribution in [1.29, 1.82) is 0 Å². The van der Waals surface area contributed by atoms with Crippen molar-refractivity contribution >= 4 is 23.6 Å². The minimum Gasteiger partial charge on any atom is -0.481 e. The highest BCUT2D eigenvalue weighted by molar-refractivity contribution is 6.01. The highest BCUT2D eigenvalue weighted by Gasteiger charge is 2.54. The van der Waals surface area contributed by atoms with Gasteiger partial charge in [-0.15, -0.1) is 0 Å². The Morgan fingerprint density at radius 1 is 1.23 bits per heavy atom. The number of morpholine rings is 1. The van der Waals surface area contributed by atoms with Gasteiger partial charge in [0.2, 0.25) is 5.84 Å². The number of oxime groups is 1. The summed E-state index contributed by atoms with van der Waals surface area (Å²) in [6.07, 6.45) is 5.19. The maximum absolute atomic E-state index is 14.0. The standard InChI is InChI=1S/C25H25F2N5O3/c1-28-24(33)31-8-2-3-19-20(31)5-4-18(29-19)12-22-23-30-34-13-21(15-9-16(26)11-17(27)10-15)32(23)14-25(35-22)6-7-25/h4-5,9-12,21H,2-3,6-8,13-14H2,1H3,(H,28,33). The number of ether oxygens (including phenoxy) is 1. The van der Waals surface area contributed by atoms with E-state index in [-0.39, 0.29) is 18.2 Å². The zero-order valence-electron chi connectivity index (χ0n) is 19.3. The summed E-state index contributed by atoms with van der Waals surface area (Å²) in [5.74, 6) is -0.256. The summed E-state index contributed by atoms with van der Waals surface area (Å²) in [4.78, 5) is 26.2. The van der Waals surface area contributed by atoms with E-state index in [0.717, 1.165) is 43.1 Å². The van der Waals surface area contributed by atoms with E-state index in [1.807, 2.05) is 23.1 Å². The first-order valence-corrected chi connectivity index (χ1v) is 11.8. The molecule has 10 heteroatoms. The van der Waals surface area contributed by atoms with Crippen LogP contribution in [0.5, 0.6) is 0 Å². The fourth-order valence-electron chi connectivity index (χ4n) is 5.02. The summed E-state index contributed by atoms with van der Waals surface area (Å²) in [6, 6.07) is 6.72. The Kier molecular flexibility index (Phi) is 5.12. The van der Waals surface area contributed by atoms with Crippen LogP contribution in [0.2, 0.25) is 0 Å². The third kappa shape index (κ3) is 3.96. The first kappa shape index (κ1) is 21.8. The van der Waals surface area contributed by atoms with E-state index in [2.05, 4.69) is 10.5 Å². The second kappa shape index (κ2) is 8.21. The van der Waals surface area contributed by atoms with Crippen molar-refractivity contribution in [1.82, 2.24) is 15.2 Å². The van der Waals surface area contributed by atoms with Crippen LogP contribution in [0.3, 0.4) is 0 Å². The third-order valence-corrected chi connectivity index (χ3v) is 6.91. The molecule has 1 saturated heterocycles. The van der Waals surface area contributed by atoms with Crippen LogP contribution in [0.15, 0.2) is 41.2 Å². The number of amides is 2. The van der Waals surface area contributed by atoms with Crippen LogP contribution >= 0.6 is 0 Å². The number of pyridine rings is 1. The molecule has 4 aliphatic rings. The van der Waals surface area contributed by atoms with Crippen molar-refractivity contribution in [2.24, 2.45) is 5.16 Å². The zero-order valence-corrected chi connectivity index (χ0v) is 19.3. The molecule has 8 nitrogen and oxygen atoms in total. The molecular weight excluding hydrogens is 456 g/mol. The number of rotatable bonds is 2. The van der Waals surface area contributed by atoms with Gasteiger partial charge in [0.1, 0.15) is 23.8 Å². The molecule has 4 heterocycles. The van der Waals surface area contributed by atoms with Gasteiger partial charge in [-0.1, -0.05) is 5.16 Å². The Balaban J connectivity index is 1.35. The quantitative estimate of drug-likeness (QED) is 0.707. The number of carbonyl (C=O) groups excluding carboxylic acids is 1. The summed E-state index contributed by atoms with van der Waals surface area (Å²) in [7, 11) is 1.61. The fraction of sp³-hybridized carbons (Fsp3) is 0.400. The SMILES string of the molecule is CNC(=O)N1CCCc2nc(C=C3OC4(CC4)CN4C3=NOCC4c3cc(F)cc(F)c3)ccc21. The molecule has 1 unspecified atom stereocenters. The number of hydrogen-bond acceptors (Lipinski definition) is 6. The molecule has 35 heavy (non-hydrogen) atoms. The highest BCUT2D eigenvalue weighted by atomic mass is 19.1. The summed E-state index contributed by atoms with van der Waals surface area (Å²) < 4.78 is 34.3. The lowest BCUT2D eigenvalue weighted by molar-refractivity contribution is -0.00404. The molecule has 2 fully saturated rings. The van der Waals surface area contributed by atoms with Gasteiger partial charge in [0.05, 0.1) is 29.7 Å². The second-order valence-electron chi connectivity index (χ2n) is 9.36. The number of carbonyl (C=O) groups is 1. The summed E-state index contributed by atoms with van der Waals surface area (Å²) in [5.41, 5.74) is 2.47. The van der Waals surface area contributed by atoms with E-state index in [4.69, 9.17) is 14.6 Å². The molecule has 2 aromatic rings. The minimum absolute atomic E-state index is 0.158. The molecule has 1 spiro atoms. The maximum Gasteiger partial charge on any atom is 0.321 e. The monoisotopic (exact) mass is 481 g/mol. The van der Waals surface area contributed by atoms with E-state index in [0.29, 0.717) is 35.9 Å². The lowest BCUT2D eigenvalue weighted by Gasteiger charge is -2.43. The Hall–Kier alpha value is -3.69. The van der Waals surface area contributed by atoms with Gasteiger partial charge in [-0.3, -0.25) is 9.88 Å². The van der Waals surface area contributed by atoms with Gasteiger partial charge in [0.15, 0.2) is 5.76 Å². The van der Waals surface area contributed by atoms with Gasteiger partial charge in [0.25, 0.3) is 0 Å². The van der Waals surface area contributed by atoms with Crippen LogP contribution in [-0.2, 0) is 16.0 Å². The smallest absolute Gasteiger partial charge is 0.321 e. The van der Waals surface area contributed by atoms with Crippen molar-refractivity contribution in [3.05, 3.63) is 64.7 Å². The number of halogens is 2. The van der Waals surface area contributed by atoms with Crippen molar-refractivity contribution in [3.63, 3.8) is 0 Å². The predicted molar refractivity (Wildman–Crippen MR) is 125 cm³/mol. The molecule has 6 rings (SSSR count). The van der Waals surface area contributed by atoms with Crippen molar-refractivity contribution < 1.29 is 23.1 Å². The van der Waals surface area contributed by atoms with Gasteiger partial charge >= 0.3 is 6.03 Å². The van der Waals surface area contributed by atoms with Gasteiger partial charge in [-0.2, -0.15) is 0 Å². The van der Waals surface area contributed by atoms with Crippen LogP contribution in [0.25, 0.3) is 6.08 Å². The number of hydrogen-bond donors (Lipinski definition) is 1. The largest absolute Gasteiger partial charge is 0.481 e. The van der Waals surface area contributed by atoms with Crippen LogP contribution in [-0.4, -0.2) is 54.1 Å². The Labute approximate surface area is 201 Å². The average Bonchev–Trinajstić information content (AvgIpc) is 3.60. The fourth-order valence-corrected chi connectivity index (χ4v) is 5.02. The molecule has 2 amide bonds. The van der Waals surface area contributed by atoms with Crippen molar-refractivity contribution in [3.8, 4) is 0 Å². The number of urea groups is 1. The van der Waals surface area contributed by atoms with Gasteiger partial charge in [0, 0.05) is 25.7 Å². The van der Waals surface area contributed by atoms with E-state index in [1.165, 1.54) is 12.1 Å². The minimum atomic E-state index is -0.627. The Morgan fingerprint density at radius 2 is 2.03 bits per heavy atom. The molecule has 1 atom stereocenters. The Bertz CT molecular complexity index is 1240. The number of benzene rings is 1. The van der Waals surface area contributed by atoms with Gasteiger partial charge < -0.3 is 19.8 Å². The number of nitrogens with zero attached hydrogens (tertiary/aromatic N) is 4. The highest BCUT2D eigenvalue weighted by Crippen LogP contribution is 2.48. The van der Waals surface area contributed by atoms with E-state index < -0.39 is 17.7 Å². The van der Waals surface area contributed by atoms with Crippen LogP contribution in [0.4, 0.5) is 19.3 Å². The number of anilines is 1. The number of nitrogens with one attached hydrogen (secondary N) is 1. The molecule has 0 radical (unpaired) electrons. The van der Waals surface area contributed by atoms with Crippen LogP contribution in [0, 0.1) is 11.6 Å². The Morgan fingerprint density at radius 3 is 2.77 bits per heavy atom. The van der Waals surface area contributed by atoms with Gasteiger partial charge in [-0.05, 0) is 55.5 Å². The molecule has 1 saturated carbocycles. The van der Waals surface area contributed by atoms with E-state index in [9.17, 15) is 13.6 Å². The lowest BCUT2D eigenvalue weighted by Crippen LogP contribution is -2.51. The van der Waals surface area contributed by atoms with E-state index >= 15 is 0 Å². The van der Waals surface area contributed by atoms with Crippen molar-refractivity contribution in [2.45, 2.75) is 37.3 Å². The van der Waals surface area contributed by atoms with Crippen molar-refractivity contribution in [2.75, 3.05) is 31.6 Å². The molecule has 1 aromatic carbocycles. The number of amidine groups is 1. The third-order valence-electron chi connectivity index (χ3n) is 6.91. The molecule has 1 aromatic heterocycles. The van der Waals surface area contributed by atoms with E-state index in [1.54, 1.807) is 11.9 Å². The lowest BCUT2D eigenvalue weighted by atomic mass is 10.0. The van der Waals surface area contributed by atoms with Gasteiger partial charge in [-0.25, -0.2) is 13.6 Å². The first-order chi connectivity index (χ1) is 16.9. The second-order valence-corrected chi connectivity index (χ2v) is 9.36. The molecule has 0 bridgehead atoms. The van der Waals surface area contributed by atoms with Crippen LogP contribution in [0.1, 0.15) is 42.3 Å². The van der Waals surface area contributed by atoms with Crippen LogP contribution < -0.4 is 10.2 Å². The predicted octanol–water partition coefficient (Wildman–Crippen LogP) is 3.74. The summed E-state index contributed by atoms with van der Waals surface area (Å²) >= 11 is 0. The number of aryl methyl sites for hydroxylation is 1. The molecule has 1 aliphatic carbocycles.